The molecule has 7 nitrogen and oxygen atoms in total. The van der Waals surface area contributed by atoms with E-state index >= 15 is 0 Å². The Morgan fingerprint density at radius 1 is 1.39 bits per heavy atom. The predicted molar refractivity (Wildman–Crippen MR) is 112 cm³/mol. The summed E-state index contributed by atoms with van der Waals surface area (Å²) >= 11 is 1.18. The van der Waals surface area contributed by atoms with Gasteiger partial charge < -0.3 is 15.8 Å². The van der Waals surface area contributed by atoms with Crippen LogP contribution in [0.1, 0.15) is 45.6 Å². The monoisotopic (exact) mass is 403 g/mol. The van der Waals surface area contributed by atoms with E-state index < -0.39 is 0 Å². The molecule has 28 heavy (non-hydrogen) atoms. The zero-order valence-electron chi connectivity index (χ0n) is 16.8. The third-order valence-corrected chi connectivity index (χ3v) is 5.53. The molecule has 0 aliphatic carbocycles. The largest absolute Gasteiger partial charge is 0.491 e. The highest BCUT2D eigenvalue weighted by atomic mass is 32.1. The van der Waals surface area contributed by atoms with Gasteiger partial charge in [-0.2, -0.15) is 0 Å². The van der Waals surface area contributed by atoms with Gasteiger partial charge in [-0.1, -0.05) is 36.5 Å². The molecule has 2 aromatic rings. The summed E-state index contributed by atoms with van der Waals surface area (Å²) in [6.45, 7) is 8.99. The highest BCUT2D eigenvalue weighted by molar-refractivity contribution is 7.18. The minimum Gasteiger partial charge on any atom is -0.491 e. The van der Waals surface area contributed by atoms with Crippen molar-refractivity contribution >= 4 is 27.5 Å². The SMILES string of the molecule is CC(C)Oc1ccccc1CN1CCC[C@](C)(CC(=O)Nc2nnc(N)s2)C1. The summed E-state index contributed by atoms with van der Waals surface area (Å²) in [6.07, 6.45) is 2.70. The van der Waals surface area contributed by atoms with Crippen LogP contribution in [0.3, 0.4) is 0 Å². The Morgan fingerprint density at radius 3 is 2.89 bits per heavy atom. The van der Waals surface area contributed by atoms with Crippen LogP contribution in [0.5, 0.6) is 5.75 Å². The number of rotatable bonds is 7. The molecule has 1 aromatic heterocycles. The first-order chi connectivity index (χ1) is 13.3. The van der Waals surface area contributed by atoms with Crippen molar-refractivity contribution in [2.75, 3.05) is 24.1 Å². The fraction of sp³-hybridized carbons (Fsp3) is 0.550. The third kappa shape index (κ3) is 5.65. The summed E-state index contributed by atoms with van der Waals surface area (Å²) in [5, 5.41) is 11.2. The van der Waals surface area contributed by atoms with Gasteiger partial charge in [0.05, 0.1) is 6.10 Å². The summed E-state index contributed by atoms with van der Waals surface area (Å²) in [5.41, 5.74) is 6.69. The van der Waals surface area contributed by atoms with Gasteiger partial charge in [-0.25, -0.2) is 0 Å². The molecule has 1 amide bonds. The van der Waals surface area contributed by atoms with E-state index in [1.165, 1.54) is 16.9 Å². The molecular weight excluding hydrogens is 374 g/mol. The number of nitrogens with zero attached hydrogens (tertiary/aromatic N) is 3. The Balaban J connectivity index is 1.61. The first-order valence-electron chi connectivity index (χ1n) is 9.69. The lowest BCUT2D eigenvalue weighted by molar-refractivity contribution is -0.119. The predicted octanol–water partition coefficient (Wildman–Crippen LogP) is 3.54. The van der Waals surface area contributed by atoms with E-state index in [4.69, 9.17) is 10.5 Å². The molecule has 1 aliphatic rings. The topological polar surface area (TPSA) is 93.4 Å². The average molecular weight is 404 g/mol. The number of nitrogen functional groups attached to an aromatic ring is 1. The van der Waals surface area contributed by atoms with Gasteiger partial charge in [0.25, 0.3) is 0 Å². The second kappa shape index (κ2) is 8.87. The number of nitrogens with two attached hydrogens (primary N) is 1. The molecule has 0 spiro atoms. The fourth-order valence-electron chi connectivity index (χ4n) is 3.79. The summed E-state index contributed by atoms with van der Waals surface area (Å²) < 4.78 is 5.96. The number of likely N-dealkylation sites (tertiary alicyclic amines) is 1. The van der Waals surface area contributed by atoms with E-state index in [2.05, 4.69) is 33.4 Å². The Kier molecular flexibility index (Phi) is 6.51. The van der Waals surface area contributed by atoms with Crippen LogP contribution in [-0.2, 0) is 11.3 Å². The molecule has 1 aliphatic heterocycles. The van der Waals surface area contributed by atoms with Gasteiger partial charge in [-0.3, -0.25) is 9.69 Å². The van der Waals surface area contributed by atoms with E-state index in [9.17, 15) is 4.79 Å². The van der Waals surface area contributed by atoms with E-state index in [1.54, 1.807) is 0 Å². The highest BCUT2D eigenvalue weighted by Crippen LogP contribution is 2.35. The van der Waals surface area contributed by atoms with Crippen molar-refractivity contribution in [2.45, 2.75) is 52.7 Å². The number of hydrogen-bond acceptors (Lipinski definition) is 7. The standard InChI is InChI=1S/C20H29N5O2S/c1-14(2)27-16-8-5-4-7-15(16)12-25-10-6-9-20(3,13-25)11-17(26)22-19-24-23-18(21)28-19/h4-5,7-8,14H,6,9-13H2,1-3H3,(H2,21,23)(H,22,24,26)/t20-/m1/s1. The van der Waals surface area contributed by atoms with E-state index in [0.29, 0.717) is 16.7 Å². The minimum absolute atomic E-state index is 0.0379. The Bertz CT molecular complexity index is 809. The normalized spacial score (nSPS) is 20.3. The van der Waals surface area contributed by atoms with Crippen LogP contribution in [0.15, 0.2) is 24.3 Å². The number of ether oxygens (including phenoxy) is 1. The number of hydrogen-bond donors (Lipinski definition) is 2. The first-order valence-corrected chi connectivity index (χ1v) is 10.5. The lowest BCUT2D eigenvalue weighted by Crippen LogP contribution is -2.43. The van der Waals surface area contributed by atoms with Crippen LogP contribution in [0.2, 0.25) is 0 Å². The Labute approximate surface area is 170 Å². The maximum absolute atomic E-state index is 12.5. The zero-order chi connectivity index (χ0) is 20.1. The Hall–Kier alpha value is -2.19. The maximum Gasteiger partial charge on any atom is 0.226 e. The molecule has 8 heteroatoms. The smallest absolute Gasteiger partial charge is 0.226 e. The number of anilines is 2. The molecule has 2 heterocycles. The molecule has 152 valence electrons. The van der Waals surface area contributed by atoms with Gasteiger partial charge in [0.15, 0.2) is 0 Å². The minimum atomic E-state index is -0.0770. The highest BCUT2D eigenvalue weighted by Gasteiger charge is 2.33. The first kappa shape index (κ1) is 20.5. The lowest BCUT2D eigenvalue weighted by atomic mass is 9.78. The molecule has 0 radical (unpaired) electrons. The number of aromatic nitrogens is 2. The van der Waals surface area contributed by atoms with E-state index in [1.807, 2.05) is 32.0 Å². The zero-order valence-corrected chi connectivity index (χ0v) is 17.6. The molecular formula is C20H29N5O2S. The third-order valence-electron chi connectivity index (χ3n) is 4.86. The summed E-state index contributed by atoms with van der Waals surface area (Å²) in [7, 11) is 0. The number of carbonyl (C=O) groups is 1. The number of benzene rings is 1. The van der Waals surface area contributed by atoms with Crippen molar-refractivity contribution in [1.29, 1.82) is 0 Å². The number of nitrogens with one attached hydrogen (secondary N) is 1. The molecule has 3 rings (SSSR count). The van der Waals surface area contributed by atoms with Gasteiger partial charge in [0, 0.05) is 25.1 Å². The number of amides is 1. The summed E-state index contributed by atoms with van der Waals surface area (Å²) in [5.74, 6) is 0.903. The van der Waals surface area contributed by atoms with Crippen LogP contribution < -0.4 is 15.8 Å². The summed E-state index contributed by atoms with van der Waals surface area (Å²) in [6, 6.07) is 8.20. The number of piperidine rings is 1. The van der Waals surface area contributed by atoms with Crippen molar-refractivity contribution < 1.29 is 9.53 Å². The average Bonchev–Trinajstić information content (AvgIpc) is 3.00. The second-order valence-electron chi connectivity index (χ2n) is 8.07. The lowest BCUT2D eigenvalue weighted by Gasteiger charge is -2.40. The van der Waals surface area contributed by atoms with Crippen molar-refractivity contribution in [3.8, 4) is 5.75 Å². The van der Waals surface area contributed by atoms with Gasteiger partial charge in [-0.15, -0.1) is 10.2 Å². The van der Waals surface area contributed by atoms with Crippen LogP contribution >= 0.6 is 11.3 Å². The van der Waals surface area contributed by atoms with Crippen molar-refractivity contribution in [2.24, 2.45) is 5.41 Å². The van der Waals surface area contributed by atoms with Crippen molar-refractivity contribution in [1.82, 2.24) is 15.1 Å². The molecule has 0 bridgehead atoms. The van der Waals surface area contributed by atoms with Crippen molar-refractivity contribution in [3.63, 3.8) is 0 Å². The van der Waals surface area contributed by atoms with Crippen LogP contribution in [0.4, 0.5) is 10.3 Å². The number of carbonyl (C=O) groups excluding carboxylic acids is 1. The van der Waals surface area contributed by atoms with Crippen LogP contribution in [0, 0.1) is 5.41 Å². The molecule has 0 unspecified atom stereocenters. The molecule has 1 atom stereocenters. The van der Waals surface area contributed by atoms with Gasteiger partial charge >= 0.3 is 0 Å². The van der Waals surface area contributed by atoms with Gasteiger partial charge in [-0.05, 0) is 44.7 Å². The second-order valence-corrected chi connectivity index (χ2v) is 9.08. The van der Waals surface area contributed by atoms with E-state index in [-0.39, 0.29) is 17.4 Å². The number of para-hydroxylation sites is 1. The fourth-order valence-corrected chi connectivity index (χ4v) is 4.31. The van der Waals surface area contributed by atoms with Crippen molar-refractivity contribution in [3.05, 3.63) is 29.8 Å². The van der Waals surface area contributed by atoms with E-state index in [0.717, 1.165) is 38.2 Å². The maximum atomic E-state index is 12.5. The summed E-state index contributed by atoms with van der Waals surface area (Å²) in [4.78, 5) is 14.9. The van der Waals surface area contributed by atoms with Crippen LogP contribution in [-0.4, -0.2) is 40.2 Å². The van der Waals surface area contributed by atoms with Gasteiger partial charge in [0.1, 0.15) is 5.75 Å². The quantitative estimate of drug-likeness (QED) is 0.734. The Morgan fingerprint density at radius 2 is 2.18 bits per heavy atom. The molecule has 1 fully saturated rings. The molecule has 1 aromatic carbocycles. The van der Waals surface area contributed by atoms with Crippen LogP contribution in [0.25, 0.3) is 0 Å². The van der Waals surface area contributed by atoms with Gasteiger partial charge in [0.2, 0.25) is 16.2 Å². The molecule has 1 saturated heterocycles. The molecule has 0 saturated carbocycles. The molecule has 3 N–H and O–H groups in total.